The fraction of sp³-hybridized carbons (Fsp3) is 0.115. The van der Waals surface area contributed by atoms with Gasteiger partial charge in [0.2, 0.25) is 0 Å². The van der Waals surface area contributed by atoms with E-state index >= 15 is 0 Å². The zero-order chi connectivity index (χ0) is 27.7. The first-order valence-electron chi connectivity index (χ1n) is 11.4. The number of benzene rings is 2. The third-order valence-electron chi connectivity index (χ3n) is 5.74. The number of anilines is 1. The summed E-state index contributed by atoms with van der Waals surface area (Å²) >= 11 is 5.89. The highest BCUT2D eigenvalue weighted by atomic mass is 35.5. The lowest BCUT2D eigenvalue weighted by atomic mass is 10.1. The van der Waals surface area contributed by atoms with Crippen molar-refractivity contribution in [1.29, 1.82) is 0 Å². The summed E-state index contributed by atoms with van der Waals surface area (Å²) in [6.07, 6.45) is -1.88. The topological polar surface area (TPSA) is 103 Å². The number of alkyl halides is 3. The van der Waals surface area contributed by atoms with Gasteiger partial charge in [-0.3, -0.25) is 9.48 Å². The van der Waals surface area contributed by atoms with Gasteiger partial charge in [0.25, 0.3) is 5.91 Å². The molecule has 0 saturated carbocycles. The molecule has 9 nitrogen and oxygen atoms in total. The normalized spacial score (nSPS) is 11.5. The van der Waals surface area contributed by atoms with Crippen LogP contribution >= 0.6 is 11.6 Å². The van der Waals surface area contributed by atoms with Crippen molar-refractivity contribution < 1.29 is 27.5 Å². The van der Waals surface area contributed by atoms with E-state index in [1.807, 2.05) is 0 Å². The van der Waals surface area contributed by atoms with Crippen LogP contribution in [0.2, 0.25) is 5.02 Å². The molecule has 0 bridgehead atoms. The number of amides is 1. The van der Waals surface area contributed by atoms with E-state index in [1.54, 1.807) is 48.5 Å². The van der Waals surface area contributed by atoms with E-state index in [-0.39, 0.29) is 29.3 Å². The van der Waals surface area contributed by atoms with E-state index in [2.05, 4.69) is 20.5 Å². The van der Waals surface area contributed by atoms with Gasteiger partial charge in [-0.2, -0.15) is 23.4 Å². The van der Waals surface area contributed by atoms with Crippen molar-refractivity contribution in [2.24, 2.45) is 0 Å². The van der Waals surface area contributed by atoms with Crippen molar-refractivity contribution in [3.05, 3.63) is 101 Å². The third kappa shape index (κ3) is 5.46. The highest BCUT2D eigenvalue weighted by molar-refractivity contribution is 6.30. The predicted molar refractivity (Wildman–Crippen MR) is 135 cm³/mol. The number of aromatic nitrogens is 5. The second-order valence-corrected chi connectivity index (χ2v) is 8.80. The molecule has 5 rings (SSSR count). The molecule has 0 radical (unpaired) electrons. The minimum absolute atomic E-state index is 0.0480. The average molecular weight is 555 g/mol. The zero-order valence-electron chi connectivity index (χ0n) is 20.1. The number of nitrogens with zero attached hydrogens (tertiary/aromatic N) is 5. The summed E-state index contributed by atoms with van der Waals surface area (Å²) in [5, 5.41) is 11.0. The number of nitrogens with one attached hydrogen (secondary N) is 1. The summed E-state index contributed by atoms with van der Waals surface area (Å²) in [4.78, 5) is 29.1. The first-order chi connectivity index (χ1) is 18.6. The highest BCUT2D eigenvalue weighted by Gasteiger charge is 2.35. The van der Waals surface area contributed by atoms with E-state index in [9.17, 15) is 22.8 Å². The van der Waals surface area contributed by atoms with Gasteiger partial charge in [-0.1, -0.05) is 41.9 Å². The Labute approximate surface area is 223 Å². The second-order valence-electron chi connectivity index (χ2n) is 8.36. The number of hydrogen-bond acceptors (Lipinski definition) is 6. The Hall–Kier alpha value is -4.71. The van der Waals surface area contributed by atoms with Gasteiger partial charge in [-0.05, 0) is 29.8 Å². The number of carbonyl (C=O) groups is 2. The summed E-state index contributed by atoms with van der Waals surface area (Å²) in [6.45, 7) is 0.210. The fourth-order valence-electron chi connectivity index (χ4n) is 3.91. The van der Waals surface area contributed by atoms with Crippen molar-refractivity contribution in [2.75, 3.05) is 12.4 Å². The van der Waals surface area contributed by atoms with Gasteiger partial charge in [0.15, 0.2) is 17.0 Å². The van der Waals surface area contributed by atoms with Crippen LogP contribution in [0, 0.1) is 0 Å². The van der Waals surface area contributed by atoms with Crippen LogP contribution in [0.1, 0.15) is 32.1 Å². The molecule has 2 aromatic carbocycles. The molecule has 13 heteroatoms. The van der Waals surface area contributed by atoms with E-state index in [4.69, 9.17) is 16.3 Å². The highest BCUT2D eigenvalue weighted by Crippen LogP contribution is 2.32. The van der Waals surface area contributed by atoms with E-state index in [0.29, 0.717) is 26.2 Å². The molecule has 5 aromatic rings. The lowest BCUT2D eigenvalue weighted by Gasteiger charge is -2.11. The summed E-state index contributed by atoms with van der Waals surface area (Å²) in [5.74, 6) is -1.25. The molecule has 0 atom stereocenters. The first kappa shape index (κ1) is 25.9. The van der Waals surface area contributed by atoms with Crippen LogP contribution in [-0.2, 0) is 17.5 Å². The number of rotatable bonds is 6. The quantitative estimate of drug-likeness (QED) is 0.284. The Morgan fingerprint density at radius 1 is 1.08 bits per heavy atom. The largest absolute Gasteiger partial charge is 0.465 e. The van der Waals surface area contributed by atoms with Crippen molar-refractivity contribution in [2.45, 2.75) is 12.7 Å². The van der Waals surface area contributed by atoms with E-state index < -0.39 is 23.7 Å². The Morgan fingerprint density at radius 2 is 1.82 bits per heavy atom. The van der Waals surface area contributed by atoms with Gasteiger partial charge >= 0.3 is 12.1 Å². The minimum atomic E-state index is -4.76. The number of hydrogen-bond donors (Lipinski definition) is 1. The van der Waals surface area contributed by atoms with Gasteiger partial charge in [0.05, 0.1) is 36.8 Å². The van der Waals surface area contributed by atoms with Crippen LogP contribution in [0.15, 0.2) is 73.1 Å². The van der Waals surface area contributed by atoms with Crippen LogP contribution in [-0.4, -0.2) is 43.4 Å². The zero-order valence-corrected chi connectivity index (χ0v) is 20.9. The maximum Gasteiger partial charge on any atom is 0.433 e. The Bertz CT molecular complexity index is 1700. The number of esters is 1. The van der Waals surface area contributed by atoms with Crippen molar-refractivity contribution in [1.82, 2.24) is 24.4 Å². The van der Waals surface area contributed by atoms with Crippen LogP contribution < -0.4 is 5.32 Å². The SMILES string of the molecule is COC(=O)c1ccccc1Cn1cc(NC(=O)c2cc3nc(-c4ccc(Cl)cc4)cc(C(F)(F)F)n3n2)cn1. The smallest absolute Gasteiger partial charge is 0.433 e. The summed E-state index contributed by atoms with van der Waals surface area (Å²) < 4.78 is 48.5. The summed E-state index contributed by atoms with van der Waals surface area (Å²) in [7, 11) is 1.28. The molecule has 0 unspecified atom stereocenters. The molecule has 0 aliphatic carbocycles. The Morgan fingerprint density at radius 3 is 2.54 bits per heavy atom. The lowest BCUT2D eigenvalue weighted by molar-refractivity contribution is -0.142. The molecule has 0 fully saturated rings. The lowest BCUT2D eigenvalue weighted by Crippen LogP contribution is -2.15. The van der Waals surface area contributed by atoms with Crippen LogP contribution in [0.25, 0.3) is 16.9 Å². The molecule has 3 aromatic heterocycles. The van der Waals surface area contributed by atoms with Crippen LogP contribution in [0.3, 0.4) is 0 Å². The van der Waals surface area contributed by atoms with Gasteiger partial charge in [0, 0.05) is 22.8 Å². The minimum Gasteiger partial charge on any atom is -0.465 e. The molecule has 198 valence electrons. The standard InChI is InChI=1S/C26H18ClF3N6O3/c1-39-25(38)19-5-3-2-4-16(19)13-35-14-18(12-31-35)32-24(37)21-11-23-33-20(15-6-8-17(27)9-7-15)10-22(26(28,29)30)36(23)34-21/h2-12,14H,13H2,1H3,(H,32,37). The fourth-order valence-corrected chi connectivity index (χ4v) is 4.03. The van der Waals surface area contributed by atoms with E-state index in [0.717, 1.165) is 6.07 Å². The first-order valence-corrected chi connectivity index (χ1v) is 11.7. The van der Waals surface area contributed by atoms with Crippen molar-refractivity contribution in [3.8, 4) is 11.3 Å². The monoisotopic (exact) mass is 554 g/mol. The van der Waals surface area contributed by atoms with Crippen molar-refractivity contribution in [3.63, 3.8) is 0 Å². The molecule has 1 N–H and O–H groups in total. The Kier molecular flexibility index (Phi) is 6.79. The van der Waals surface area contributed by atoms with Gasteiger partial charge in [-0.25, -0.2) is 14.3 Å². The molecule has 3 heterocycles. The number of halogens is 4. The van der Waals surface area contributed by atoms with Crippen molar-refractivity contribution >= 4 is 34.8 Å². The number of fused-ring (bicyclic) bond motifs is 1. The third-order valence-corrected chi connectivity index (χ3v) is 5.99. The van der Waals surface area contributed by atoms with Gasteiger partial charge in [0.1, 0.15) is 0 Å². The Balaban J connectivity index is 1.40. The van der Waals surface area contributed by atoms with Gasteiger partial charge in [-0.15, -0.1) is 0 Å². The number of methoxy groups -OCH3 is 1. The molecule has 0 spiro atoms. The molecule has 0 saturated heterocycles. The van der Waals surface area contributed by atoms with E-state index in [1.165, 1.54) is 30.3 Å². The molecule has 39 heavy (non-hydrogen) atoms. The predicted octanol–water partition coefficient (Wildman–Crippen LogP) is 5.35. The maximum atomic E-state index is 13.9. The molecule has 0 aliphatic heterocycles. The number of ether oxygens (including phenoxy) is 1. The molecular formula is C26H18ClF3N6O3. The molecular weight excluding hydrogens is 537 g/mol. The summed E-state index contributed by atoms with van der Waals surface area (Å²) in [6, 6.07) is 15.0. The van der Waals surface area contributed by atoms with Crippen LogP contribution in [0.5, 0.6) is 0 Å². The molecule has 0 aliphatic rings. The second kappa shape index (κ2) is 10.2. The summed E-state index contributed by atoms with van der Waals surface area (Å²) in [5.41, 5.74) is 0.240. The molecule has 1 amide bonds. The van der Waals surface area contributed by atoms with Gasteiger partial charge < -0.3 is 10.1 Å². The number of carbonyl (C=O) groups excluding carboxylic acids is 2. The van der Waals surface area contributed by atoms with Crippen LogP contribution in [0.4, 0.5) is 18.9 Å². The maximum absolute atomic E-state index is 13.9. The average Bonchev–Trinajstić information content (AvgIpc) is 3.54.